The summed E-state index contributed by atoms with van der Waals surface area (Å²) in [6, 6.07) is 13.7. The molecule has 0 N–H and O–H groups in total. The molecule has 0 aliphatic carbocycles. The fraction of sp³-hybridized carbons (Fsp3) is 0.278. The van der Waals surface area contributed by atoms with Gasteiger partial charge in [-0.15, -0.1) is 10.2 Å². The van der Waals surface area contributed by atoms with E-state index in [4.69, 9.17) is 0 Å². The number of carbonyl (C=O) groups excluding carboxylic acids is 1. The molecule has 4 rings (SSSR count). The monoisotopic (exact) mass is 432 g/mol. The third-order valence-electron chi connectivity index (χ3n) is 4.49. The molecule has 1 aromatic carbocycles. The second-order valence-corrected chi connectivity index (χ2v) is 7.33. The van der Waals surface area contributed by atoms with Crippen molar-refractivity contribution in [1.82, 2.24) is 19.5 Å². The summed E-state index contributed by atoms with van der Waals surface area (Å²) in [6.07, 6.45) is 4.01. The molecule has 1 aliphatic heterocycles. The number of nitrogens with zero attached hydrogens (tertiary/aromatic N) is 4. The Balaban J connectivity index is 1.59. The first kappa shape index (κ1) is 15.6. The Hall–Kier alpha value is -1.96. The minimum Gasteiger partial charge on any atom is -0.338 e. The molecular weight excluding hydrogens is 415 g/mol. The molecule has 1 fully saturated rings. The number of fused-ring (bicyclic) bond motifs is 1. The van der Waals surface area contributed by atoms with Gasteiger partial charge in [0.05, 0.1) is 0 Å². The van der Waals surface area contributed by atoms with Crippen LogP contribution >= 0.6 is 22.6 Å². The Morgan fingerprint density at radius 2 is 2.08 bits per heavy atom. The molecule has 1 amide bonds. The minimum atomic E-state index is 0.104. The fourth-order valence-electron chi connectivity index (χ4n) is 3.31. The molecular formula is C18H17IN4O. The van der Waals surface area contributed by atoms with Crippen molar-refractivity contribution in [3.63, 3.8) is 0 Å². The van der Waals surface area contributed by atoms with E-state index in [0.29, 0.717) is 6.54 Å². The number of hydrogen-bond acceptors (Lipinski definition) is 3. The first-order chi connectivity index (χ1) is 11.7. The molecule has 1 saturated heterocycles. The lowest BCUT2D eigenvalue weighted by molar-refractivity contribution is 0.0704. The van der Waals surface area contributed by atoms with Crippen LogP contribution in [0.2, 0.25) is 0 Å². The highest BCUT2D eigenvalue weighted by molar-refractivity contribution is 14.1. The molecule has 6 heteroatoms. The lowest BCUT2D eigenvalue weighted by Crippen LogP contribution is -2.39. The zero-order valence-electron chi connectivity index (χ0n) is 13.1. The maximum absolute atomic E-state index is 12.8. The summed E-state index contributed by atoms with van der Waals surface area (Å²) in [6.45, 7) is 1.50. The Morgan fingerprint density at radius 1 is 1.17 bits per heavy atom. The number of aromatic nitrogens is 3. The third kappa shape index (κ3) is 2.90. The fourth-order valence-corrected chi connectivity index (χ4v) is 3.86. The maximum Gasteiger partial charge on any atom is 0.253 e. The normalized spacial score (nSPS) is 18.0. The number of piperidine rings is 1. The molecule has 24 heavy (non-hydrogen) atoms. The molecule has 0 bridgehead atoms. The van der Waals surface area contributed by atoms with Crippen LogP contribution in [0.1, 0.15) is 34.9 Å². The average Bonchev–Trinajstić information content (AvgIpc) is 3.05. The largest absolute Gasteiger partial charge is 0.338 e. The van der Waals surface area contributed by atoms with Crippen molar-refractivity contribution in [2.45, 2.75) is 18.8 Å². The molecule has 2 aromatic heterocycles. The van der Waals surface area contributed by atoms with Gasteiger partial charge in [-0.25, -0.2) is 0 Å². The molecule has 3 aromatic rings. The van der Waals surface area contributed by atoms with E-state index in [0.717, 1.165) is 40.0 Å². The number of pyridine rings is 1. The summed E-state index contributed by atoms with van der Waals surface area (Å²) in [5, 5.41) is 8.62. The Morgan fingerprint density at radius 3 is 2.96 bits per heavy atom. The Labute approximate surface area is 153 Å². The van der Waals surface area contributed by atoms with Crippen LogP contribution < -0.4 is 0 Å². The van der Waals surface area contributed by atoms with Crippen LogP contribution in [0.4, 0.5) is 0 Å². The maximum atomic E-state index is 12.8. The van der Waals surface area contributed by atoms with Gasteiger partial charge in [0.15, 0.2) is 5.65 Å². The van der Waals surface area contributed by atoms with Gasteiger partial charge >= 0.3 is 0 Å². The summed E-state index contributed by atoms with van der Waals surface area (Å²) in [5.74, 6) is 1.28. The van der Waals surface area contributed by atoms with Crippen molar-refractivity contribution in [3.8, 4) is 0 Å². The molecule has 1 atom stereocenters. The zero-order chi connectivity index (χ0) is 16.5. The summed E-state index contributed by atoms with van der Waals surface area (Å²) in [5.41, 5.74) is 1.61. The van der Waals surface area contributed by atoms with Gasteiger partial charge < -0.3 is 4.90 Å². The van der Waals surface area contributed by atoms with Crippen LogP contribution in [0.3, 0.4) is 0 Å². The van der Waals surface area contributed by atoms with Crippen LogP contribution in [-0.2, 0) is 0 Å². The van der Waals surface area contributed by atoms with Gasteiger partial charge in [0.25, 0.3) is 5.91 Å². The number of hydrogen-bond donors (Lipinski definition) is 0. The Kier molecular flexibility index (Phi) is 4.22. The van der Waals surface area contributed by atoms with E-state index in [2.05, 4.69) is 32.8 Å². The van der Waals surface area contributed by atoms with E-state index in [1.54, 1.807) is 0 Å². The van der Waals surface area contributed by atoms with Gasteiger partial charge in [-0.05, 0) is 65.8 Å². The number of carbonyl (C=O) groups is 1. The lowest BCUT2D eigenvalue weighted by atomic mass is 9.96. The van der Waals surface area contributed by atoms with Crippen LogP contribution in [-0.4, -0.2) is 38.5 Å². The summed E-state index contributed by atoms with van der Waals surface area (Å²) in [7, 11) is 0. The highest BCUT2D eigenvalue weighted by Gasteiger charge is 2.28. The van der Waals surface area contributed by atoms with Crippen molar-refractivity contribution in [2.24, 2.45) is 0 Å². The van der Waals surface area contributed by atoms with Crippen molar-refractivity contribution in [1.29, 1.82) is 0 Å². The predicted octanol–water partition coefficient (Wildman–Crippen LogP) is 3.35. The van der Waals surface area contributed by atoms with Gasteiger partial charge in [0.2, 0.25) is 0 Å². The number of benzene rings is 1. The van der Waals surface area contributed by atoms with Crippen molar-refractivity contribution < 1.29 is 4.79 Å². The number of rotatable bonds is 2. The van der Waals surface area contributed by atoms with Crippen molar-refractivity contribution in [2.75, 3.05) is 13.1 Å². The molecule has 0 spiro atoms. The van der Waals surface area contributed by atoms with Crippen LogP contribution in [0, 0.1) is 3.57 Å². The minimum absolute atomic E-state index is 0.104. The molecule has 0 saturated carbocycles. The second kappa shape index (κ2) is 6.51. The van der Waals surface area contributed by atoms with Crippen LogP contribution in [0.15, 0.2) is 48.7 Å². The van der Waals surface area contributed by atoms with Gasteiger partial charge in [-0.3, -0.25) is 9.20 Å². The van der Waals surface area contributed by atoms with Crippen molar-refractivity contribution in [3.05, 3.63) is 63.6 Å². The van der Waals surface area contributed by atoms with Gasteiger partial charge in [0, 0.05) is 34.3 Å². The number of likely N-dealkylation sites (tertiary alicyclic amines) is 1. The van der Waals surface area contributed by atoms with Gasteiger partial charge in [-0.1, -0.05) is 12.1 Å². The Bertz CT molecular complexity index is 891. The highest BCUT2D eigenvalue weighted by atomic mass is 127. The molecule has 0 radical (unpaired) electrons. The van der Waals surface area contributed by atoms with Gasteiger partial charge in [0.1, 0.15) is 5.82 Å². The summed E-state index contributed by atoms with van der Waals surface area (Å²) in [4.78, 5) is 14.8. The van der Waals surface area contributed by atoms with E-state index in [-0.39, 0.29) is 11.8 Å². The quantitative estimate of drug-likeness (QED) is 0.584. The van der Waals surface area contributed by atoms with Crippen molar-refractivity contribution >= 4 is 34.1 Å². The predicted molar refractivity (Wildman–Crippen MR) is 100 cm³/mol. The number of halogens is 1. The van der Waals surface area contributed by atoms with E-state index >= 15 is 0 Å². The van der Waals surface area contributed by atoms with E-state index in [1.165, 1.54) is 0 Å². The lowest BCUT2D eigenvalue weighted by Gasteiger charge is -2.32. The van der Waals surface area contributed by atoms with Crippen LogP contribution in [0.5, 0.6) is 0 Å². The van der Waals surface area contributed by atoms with E-state index in [1.807, 2.05) is 58.0 Å². The highest BCUT2D eigenvalue weighted by Crippen LogP contribution is 2.27. The molecule has 5 nitrogen and oxygen atoms in total. The van der Waals surface area contributed by atoms with E-state index in [9.17, 15) is 4.79 Å². The smallest absolute Gasteiger partial charge is 0.253 e. The molecule has 0 unspecified atom stereocenters. The first-order valence-electron chi connectivity index (χ1n) is 8.07. The first-order valence-corrected chi connectivity index (χ1v) is 9.15. The number of amides is 1. The van der Waals surface area contributed by atoms with Gasteiger partial charge in [-0.2, -0.15) is 0 Å². The molecule has 1 aliphatic rings. The van der Waals surface area contributed by atoms with E-state index < -0.39 is 0 Å². The zero-order valence-corrected chi connectivity index (χ0v) is 15.3. The standard InChI is InChI=1S/C18H17IN4O/c19-15-7-3-5-13(11-15)18(24)22-9-4-6-14(12-22)17-21-20-16-8-1-2-10-23(16)17/h1-3,5,7-8,10-11,14H,4,6,9,12H2/t14-/m0/s1. The molecule has 3 heterocycles. The SMILES string of the molecule is O=C(c1cccc(I)c1)N1CCC[C@H](c2nnc3ccccn23)C1. The topological polar surface area (TPSA) is 50.5 Å². The van der Waals surface area contributed by atoms with Crippen LogP contribution in [0.25, 0.3) is 5.65 Å². The average molecular weight is 432 g/mol. The third-order valence-corrected chi connectivity index (χ3v) is 5.16. The second-order valence-electron chi connectivity index (χ2n) is 6.09. The summed E-state index contributed by atoms with van der Waals surface area (Å²) < 4.78 is 3.11. The molecule has 122 valence electrons. The summed E-state index contributed by atoms with van der Waals surface area (Å²) >= 11 is 2.24.